The van der Waals surface area contributed by atoms with Crippen molar-refractivity contribution in [1.82, 2.24) is 0 Å². The van der Waals surface area contributed by atoms with Crippen LogP contribution in [0.4, 0.5) is 0 Å². The van der Waals surface area contributed by atoms with Crippen molar-refractivity contribution >= 4 is 25.1 Å². The highest BCUT2D eigenvalue weighted by atomic mass is 32.2. The third-order valence-corrected chi connectivity index (χ3v) is 4.77. The van der Waals surface area contributed by atoms with Crippen LogP contribution in [0.25, 0.3) is 4.91 Å². The molecule has 0 saturated carbocycles. The molecule has 6 nitrogen and oxygen atoms in total. The van der Waals surface area contributed by atoms with Crippen LogP contribution >= 0.6 is 0 Å². The molecule has 2 N–H and O–H groups in total. The predicted molar refractivity (Wildman–Crippen MR) is 68.7 cm³/mol. The molecular weight excluding hydrogens is 292 g/mol. The van der Waals surface area contributed by atoms with Gasteiger partial charge in [-0.3, -0.25) is 9.11 Å². The fraction of sp³-hybridized carbons (Fsp3) is 0.273. The van der Waals surface area contributed by atoms with Crippen LogP contribution in [0.15, 0.2) is 29.2 Å². The van der Waals surface area contributed by atoms with Crippen molar-refractivity contribution in [3.8, 4) is 0 Å². The molecule has 0 aliphatic heterocycles. The summed E-state index contributed by atoms with van der Waals surface area (Å²) in [5.41, 5.74) is 0.309. The number of allylic oxidation sites excluding steroid dienone is 1. The largest absolute Gasteiger partial charge is 0.294 e. The zero-order chi connectivity index (χ0) is 14.4. The van der Waals surface area contributed by atoms with E-state index in [4.69, 9.17) is 4.55 Å². The number of benzene rings is 1. The monoisotopic (exact) mass is 304 g/mol. The quantitative estimate of drug-likeness (QED) is 0.798. The summed E-state index contributed by atoms with van der Waals surface area (Å²) in [6, 6.07) is 3.92. The molecule has 19 heavy (non-hydrogen) atoms. The van der Waals surface area contributed by atoms with Gasteiger partial charge in [0.2, 0.25) is 0 Å². The van der Waals surface area contributed by atoms with E-state index in [9.17, 15) is 21.4 Å². The second-order valence-electron chi connectivity index (χ2n) is 4.44. The van der Waals surface area contributed by atoms with E-state index in [0.29, 0.717) is 0 Å². The van der Waals surface area contributed by atoms with Crippen LogP contribution in [0.2, 0.25) is 0 Å². The van der Waals surface area contributed by atoms with Gasteiger partial charge in [0.15, 0.2) is 0 Å². The fourth-order valence-electron chi connectivity index (χ4n) is 2.20. The number of fused-ring (bicyclic) bond motifs is 1. The Hall–Kier alpha value is -1.22. The van der Waals surface area contributed by atoms with E-state index < -0.39 is 20.2 Å². The van der Waals surface area contributed by atoms with E-state index in [1.54, 1.807) is 6.92 Å². The molecule has 0 saturated heterocycles. The van der Waals surface area contributed by atoms with Crippen molar-refractivity contribution in [2.24, 2.45) is 5.92 Å². The molecule has 1 atom stereocenters. The molecule has 0 spiro atoms. The molecule has 8 heteroatoms. The zero-order valence-electron chi connectivity index (χ0n) is 9.94. The lowest BCUT2D eigenvalue weighted by Gasteiger charge is -2.21. The second-order valence-corrected chi connectivity index (χ2v) is 7.22. The average Bonchev–Trinajstić information content (AvgIpc) is 2.24. The van der Waals surface area contributed by atoms with Gasteiger partial charge in [-0.15, -0.1) is 0 Å². The molecule has 0 amide bonds. The maximum absolute atomic E-state index is 11.3. The summed E-state index contributed by atoms with van der Waals surface area (Å²) < 4.78 is 63.6. The minimum Gasteiger partial charge on any atom is -0.282 e. The van der Waals surface area contributed by atoms with Crippen molar-refractivity contribution in [1.29, 1.82) is 0 Å². The third kappa shape index (κ3) is 2.71. The van der Waals surface area contributed by atoms with Crippen molar-refractivity contribution < 1.29 is 25.9 Å². The van der Waals surface area contributed by atoms with Gasteiger partial charge >= 0.3 is 0 Å². The van der Waals surface area contributed by atoms with E-state index in [1.807, 2.05) is 0 Å². The first-order valence-corrected chi connectivity index (χ1v) is 8.28. The first-order valence-electron chi connectivity index (χ1n) is 5.40. The van der Waals surface area contributed by atoms with E-state index in [2.05, 4.69) is 0 Å². The minimum absolute atomic E-state index is 0.107. The van der Waals surface area contributed by atoms with Gasteiger partial charge in [0.05, 0.1) is 9.80 Å². The Morgan fingerprint density at radius 2 is 1.74 bits per heavy atom. The summed E-state index contributed by atoms with van der Waals surface area (Å²) in [7, 11) is -8.89. The number of hydrogen-bond acceptors (Lipinski definition) is 4. The normalized spacial score (nSPS) is 19.7. The first kappa shape index (κ1) is 14.2. The molecule has 0 aromatic heterocycles. The van der Waals surface area contributed by atoms with Crippen LogP contribution in [-0.2, 0) is 26.7 Å². The fourth-order valence-corrected chi connectivity index (χ4v) is 3.83. The maximum Gasteiger partial charge on any atom is 0.294 e. The van der Waals surface area contributed by atoms with Crippen molar-refractivity contribution in [3.05, 3.63) is 35.4 Å². The van der Waals surface area contributed by atoms with Crippen LogP contribution in [0.1, 0.15) is 18.1 Å². The molecule has 0 bridgehead atoms. The highest BCUT2D eigenvalue weighted by molar-refractivity contribution is 7.95. The van der Waals surface area contributed by atoms with E-state index in [-0.39, 0.29) is 33.3 Å². The Morgan fingerprint density at radius 3 is 2.26 bits per heavy atom. The van der Waals surface area contributed by atoms with Gasteiger partial charge in [0, 0.05) is 0 Å². The van der Waals surface area contributed by atoms with Gasteiger partial charge in [0.1, 0.15) is 0 Å². The molecule has 1 unspecified atom stereocenters. The van der Waals surface area contributed by atoms with Crippen molar-refractivity contribution in [2.75, 3.05) is 0 Å². The number of hydrogen-bond donors (Lipinski definition) is 2. The van der Waals surface area contributed by atoms with Gasteiger partial charge < -0.3 is 0 Å². The standard InChI is InChI=1S/C11H12O6S2/c1-7-5-9-8(11(6-7)19(15,16)17)3-2-4-10(9)18(12,13)14/h2-4,6-7H,5H2,1H3,(H,12,13,14)(H,15,16,17). The maximum atomic E-state index is 11.3. The van der Waals surface area contributed by atoms with Gasteiger partial charge in [-0.25, -0.2) is 0 Å². The highest BCUT2D eigenvalue weighted by Crippen LogP contribution is 2.35. The lowest BCUT2D eigenvalue weighted by molar-refractivity contribution is 0.480. The van der Waals surface area contributed by atoms with Crippen LogP contribution in [-0.4, -0.2) is 25.9 Å². The third-order valence-electron chi connectivity index (χ3n) is 2.92. The molecule has 0 fully saturated rings. The molecule has 1 aliphatic carbocycles. The molecular formula is C11H12O6S2. The van der Waals surface area contributed by atoms with E-state index in [0.717, 1.165) is 0 Å². The summed E-state index contributed by atoms with van der Waals surface area (Å²) in [5.74, 6) is -0.271. The van der Waals surface area contributed by atoms with Gasteiger partial charge in [-0.1, -0.05) is 25.1 Å². The van der Waals surface area contributed by atoms with Gasteiger partial charge in [-0.2, -0.15) is 16.8 Å². The van der Waals surface area contributed by atoms with Crippen molar-refractivity contribution in [2.45, 2.75) is 18.2 Å². The smallest absolute Gasteiger partial charge is 0.282 e. The Morgan fingerprint density at radius 1 is 1.11 bits per heavy atom. The zero-order valence-corrected chi connectivity index (χ0v) is 11.6. The molecule has 1 aromatic carbocycles. The molecule has 2 rings (SSSR count). The molecule has 0 heterocycles. The van der Waals surface area contributed by atoms with Crippen LogP contribution in [0.5, 0.6) is 0 Å². The predicted octanol–water partition coefficient (Wildman–Crippen LogP) is 1.35. The Bertz CT molecular complexity index is 758. The minimum atomic E-state index is -4.45. The van der Waals surface area contributed by atoms with Crippen LogP contribution in [0, 0.1) is 5.92 Å². The van der Waals surface area contributed by atoms with Crippen LogP contribution < -0.4 is 0 Å². The Labute approximate surface area is 111 Å². The molecule has 104 valence electrons. The summed E-state index contributed by atoms with van der Waals surface area (Å²) in [6.45, 7) is 1.69. The van der Waals surface area contributed by atoms with Gasteiger partial charge in [0.25, 0.3) is 20.2 Å². The lowest BCUT2D eigenvalue weighted by atomic mass is 9.90. The lowest BCUT2D eigenvalue weighted by Crippen LogP contribution is -2.16. The average molecular weight is 304 g/mol. The molecule has 1 aromatic rings. The van der Waals surface area contributed by atoms with Crippen LogP contribution in [0.3, 0.4) is 0 Å². The summed E-state index contributed by atoms with van der Waals surface area (Å²) in [6.07, 6.45) is 1.63. The summed E-state index contributed by atoms with van der Waals surface area (Å²) >= 11 is 0. The SMILES string of the molecule is CC1C=C(S(=O)(=O)O)c2cccc(S(=O)(=O)O)c2C1. The molecule has 1 aliphatic rings. The van der Waals surface area contributed by atoms with E-state index >= 15 is 0 Å². The number of rotatable bonds is 2. The Kier molecular flexibility index (Phi) is 3.29. The highest BCUT2D eigenvalue weighted by Gasteiger charge is 2.29. The first-order chi connectivity index (χ1) is 8.60. The van der Waals surface area contributed by atoms with Crippen molar-refractivity contribution in [3.63, 3.8) is 0 Å². The topological polar surface area (TPSA) is 109 Å². The Balaban J connectivity index is 2.80. The summed E-state index contributed by atoms with van der Waals surface area (Å²) in [4.78, 5) is -0.655. The second kappa shape index (κ2) is 4.41. The summed E-state index contributed by atoms with van der Waals surface area (Å²) in [5, 5.41) is 0. The molecule has 0 radical (unpaired) electrons. The van der Waals surface area contributed by atoms with E-state index in [1.165, 1.54) is 24.3 Å². The van der Waals surface area contributed by atoms with Gasteiger partial charge in [-0.05, 0) is 29.5 Å².